The van der Waals surface area contributed by atoms with Gasteiger partial charge in [0.1, 0.15) is 0 Å². The van der Waals surface area contributed by atoms with Crippen molar-refractivity contribution in [3.05, 3.63) is 0 Å². The molecule has 0 aromatic carbocycles. The second-order valence-corrected chi connectivity index (χ2v) is 10.2. The lowest BCUT2D eigenvalue weighted by Crippen LogP contribution is -2.49. The third-order valence-corrected chi connectivity index (χ3v) is 6.57. The van der Waals surface area contributed by atoms with E-state index in [2.05, 4.69) is 41.5 Å². The number of aliphatic hydroxyl groups is 2. The standard InChI is InChI=1S/C20H38O2/c1-19(2,3)16-11-14(13-7-9-15(21)10-8-13)12-17(18(16)22)20(4,5)6/h13-18,21-22H,7-12H2,1-6H3. The fourth-order valence-electron chi connectivity index (χ4n) is 5.00. The van der Waals surface area contributed by atoms with Crippen LogP contribution < -0.4 is 0 Å². The van der Waals surface area contributed by atoms with E-state index in [0.29, 0.717) is 11.8 Å². The molecule has 2 nitrogen and oxygen atoms in total. The van der Waals surface area contributed by atoms with Gasteiger partial charge in [-0.2, -0.15) is 0 Å². The predicted molar refractivity (Wildman–Crippen MR) is 92.6 cm³/mol. The van der Waals surface area contributed by atoms with E-state index in [-0.39, 0.29) is 23.0 Å². The van der Waals surface area contributed by atoms with E-state index in [1.165, 1.54) is 12.8 Å². The summed E-state index contributed by atoms with van der Waals surface area (Å²) in [7, 11) is 0. The molecule has 22 heavy (non-hydrogen) atoms. The van der Waals surface area contributed by atoms with E-state index < -0.39 is 0 Å². The summed E-state index contributed by atoms with van der Waals surface area (Å²) >= 11 is 0. The monoisotopic (exact) mass is 310 g/mol. The summed E-state index contributed by atoms with van der Waals surface area (Å²) in [6.45, 7) is 13.7. The van der Waals surface area contributed by atoms with Crippen LogP contribution in [-0.4, -0.2) is 22.4 Å². The minimum Gasteiger partial charge on any atom is -0.393 e. The van der Waals surface area contributed by atoms with Gasteiger partial charge in [0.2, 0.25) is 0 Å². The Morgan fingerprint density at radius 2 is 1.05 bits per heavy atom. The van der Waals surface area contributed by atoms with Gasteiger partial charge in [-0.3, -0.25) is 0 Å². The minimum atomic E-state index is -0.176. The fraction of sp³-hybridized carbons (Fsp3) is 1.00. The summed E-state index contributed by atoms with van der Waals surface area (Å²) in [4.78, 5) is 0. The van der Waals surface area contributed by atoms with Gasteiger partial charge in [-0.05, 0) is 73.0 Å². The predicted octanol–water partition coefficient (Wildman–Crippen LogP) is 4.63. The lowest BCUT2D eigenvalue weighted by atomic mass is 9.56. The van der Waals surface area contributed by atoms with Gasteiger partial charge in [0.25, 0.3) is 0 Å². The molecule has 0 spiro atoms. The van der Waals surface area contributed by atoms with Crippen molar-refractivity contribution in [3.8, 4) is 0 Å². The quantitative estimate of drug-likeness (QED) is 0.741. The zero-order chi connectivity index (χ0) is 16.7. The van der Waals surface area contributed by atoms with Gasteiger partial charge in [-0.15, -0.1) is 0 Å². The first-order chi connectivity index (χ1) is 10.00. The highest BCUT2D eigenvalue weighted by atomic mass is 16.3. The Morgan fingerprint density at radius 3 is 1.41 bits per heavy atom. The summed E-state index contributed by atoms with van der Waals surface area (Å²) in [5.41, 5.74) is 0.325. The lowest BCUT2D eigenvalue weighted by molar-refractivity contribution is -0.0959. The molecular weight excluding hydrogens is 272 g/mol. The van der Waals surface area contributed by atoms with Gasteiger partial charge in [-0.25, -0.2) is 0 Å². The Labute approximate surface area is 137 Å². The second-order valence-electron chi connectivity index (χ2n) is 10.2. The highest BCUT2D eigenvalue weighted by Crippen LogP contribution is 2.51. The van der Waals surface area contributed by atoms with Crippen LogP contribution in [0.2, 0.25) is 0 Å². The lowest BCUT2D eigenvalue weighted by Gasteiger charge is -2.51. The zero-order valence-electron chi connectivity index (χ0n) is 15.6. The first-order valence-electron chi connectivity index (χ1n) is 9.36. The average Bonchev–Trinajstić information content (AvgIpc) is 2.37. The highest BCUT2D eigenvalue weighted by molar-refractivity contribution is 4.97. The SMILES string of the molecule is CC(C)(C)C1CC(C2CCC(O)CC2)CC(C(C)(C)C)C1O. The summed E-state index contributed by atoms with van der Waals surface area (Å²) < 4.78 is 0. The van der Waals surface area contributed by atoms with Crippen molar-refractivity contribution in [2.75, 3.05) is 0 Å². The van der Waals surface area contributed by atoms with E-state index in [1.54, 1.807) is 0 Å². The molecule has 2 aliphatic rings. The zero-order valence-corrected chi connectivity index (χ0v) is 15.6. The Bertz CT molecular complexity index is 331. The Kier molecular flexibility index (Phi) is 5.34. The average molecular weight is 311 g/mol. The molecule has 0 saturated heterocycles. The van der Waals surface area contributed by atoms with Crippen LogP contribution in [-0.2, 0) is 0 Å². The molecular formula is C20H38O2. The van der Waals surface area contributed by atoms with Crippen molar-refractivity contribution in [2.45, 2.75) is 92.3 Å². The van der Waals surface area contributed by atoms with Crippen molar-refractivity contribution in [2.24, 2.45) is 34.5 Å². The molecule has 0 bridgehead atoms. The Balaban J connectivity index is 2.17. The van der Waals surface area contributed by atoms with Crippen LogP contribution in [0.25, 0.3) is 0 Å². The maximum absolute atomic E-state index is 11.0. The van der Waals surface area contributed by atoms with E-state index >= 15 is 0 Å². The molecule has 2 saturated carbocycles. The van der Waals surface area contributed by atoms with E-state index in [0.717, 1.165) is 37.5 Å². The molecule has 2 rings (SSSR count). The van der Waals surface area contributed by atoms with Crippen molar-refractivity contribution < 1.29 is 10.2 Å². The molecule has 0 aromatic heterocycles. The molecule has 2 aliphatic carbocycles. The van der Waals surface area contributed by atoms with Crippen LogP contribution in [0, 0.1) is 34.5 Å². The maximum Gasteiger partial charge on any atom is 0.0606 e. The fourth-order valence-corrected chi connectivity index (χ4v) is 5.00. The Hall–Kier alpha value is -0.0800. The first-order valence-corrected chi connectivity index (χ1v) is 9.36. The summed E-state index contributed by atoms with van der Waals surface area (Å²) in [5.74, 6) is 2.26. The summed E-state index contributed by atoms with van der Waals surface area (Å²) in [5, 5.41) is 20.8. The van der Waals surface area contributed by atoms with Crippen LogP contribution in [0.15, 0.2) is 0 Å². The molecule has 0 radical (unpaired) electrons. The number of hydrogen-bond donors (Lipinski definition) is 2. The van der Waals surface area contributed by atoms with Gasteiger partial charge >= 0.3 is 0 Å². The van der Waals surface area contributed by atoms with Crippen molar-refractivity contribution in [1.29, 1.82) is 0 Å². The number of rotatable bonds is 1. The van der Waals surface area contributed by atoms with Gasteiger partial charge < -0.3 is 10.2 Å². The molecule has 0 heterocycles. The second kappa shape index (κ2) is 6.43. The molecule has 0 amide bonds. The summed E-state index contributed by atoms with van der Waals surface area (Å²) in [6.07, 6.45) is 6.39. The highest BCUT2D eigenvalue weighted by Gasteiger charge is 2.47. The molecule has 130 valence electrons. The molecule has 0 aliphatic heterocycles. The van der Waals surface area contributed by atoms with Gasteiger partial charge in [0, 0.05) is 0 Å². The normalized spacial score (nSPS) is 41.5. The smallest absolute Gasteiger partial charge is 0.0606 e. The van der Waals surface area contributed by atoms with Crippen molar-refractivity contribution >= 4 is 0 Å². The van der Waals surface area contributed by atoms with Crippen molar-refractivity contribution in [3.63, 3.8) is 0 Å². The first kappa shape index (κ1) is 18.3. The van der Waals surface area contributed by atoms with Crippen LogP contribution in [0.5, 0.6) is 0 Å². The van der Waals surface area contributed by atoms with Gasteiger partial charge in [0.15, 0.2) is 0 Å². The molecule has 2 fully saturated rings. The minimum absolute atomic E-state index is 0.0674. The largest absolute Gasteiger partial charge is 0.393 e. The summed E-state index contributed by atoms with van der Waals surface area (Å²) in [6, 6.07) is 0. The maximum atomic E-state index is 11.0. The third kappa shape index (κ3) is 4.06. The topological polar surface area (TPSA) is 40.5 Å². The molecule has 0 aromatic rings. The van der Waals surface area contributed by atoms with Gasteiger partial charge in [0.05, 0.1) is 12.2 Å². The number of aliphatic hydroxyl groups excluding tert-OH is 2. The van der Waals surface area contributed by atoms with Crippen LogP contribution in [0.4, 0.5) is 0 Å². The molecule has 2 heteroatoms. The van der Waals surface area contributed by atoms with Crippen LogP contribution in [0.1, 0.15) is 80.1 Å². The van der Waals surface area contributed by atoms with Crippen LogP contribution in [0.3, 0.4) is 0 Å². The molecule has 2 N–H and O–H groups in total. The van der Waals surface area contributed by atoms with Crippen LogP contribution >= 0.6 is 0 Å². The van der Waals surface area contributed by atoms with E-state index in [1.807, 2.05) is 0 Å². The number of hydrogen-bond acceptors (Lipinski definition) is 2. The Morgan fingerprint density at radius 1 is 0.636 bits per heavy atom. The van der Waals surface area contributed by atoms with Gasteiger partial charge in [-0.1, -0.05) is 41.5 Å². The van der Waals surface area contributed by atoms with E-state index in [9.17, 15) is 10.2 Å². The van der Waals surface area contributed by atoms with Crippen molar-refractivity contribution in [1.82, 2.24) is 0 Å². The molecule has 2 atom stereocenters. The third-order valence-electron chi connectivity index (χ3n) is 6.57. The molecule has 2 unspecified atom stereocenters. The van der Waals surface area contributed by atoms with E-state index in [4.69, 9.17) is 0 Å².